The molecule has 0 aliphatic carbocycles. The van der Waals surface area contributed by atoms with Crippen molar-refractivity contribution >= 4 is 5.69 Å². The molecule has 0 aliphatic heterocycles. The first-order valence-electron chi connectivity index (χ1n) is 3.62. The van der Waals surface area contributed by atoms with E-state index in [1.165, 1.54) is 0 Å². The Hall–Kier alpha value is -1.25. The summed E-state index contributed by atoms with van der Waals surface area (Å²) in [5.41, 5.74) is 0.968. The Balaban J connectivity index is 2.74. The molecule has 0 spiro atoms. The maximum absolute atomic E-state index is 5.25. The third-order valence-electron chi connectivity index (χ3n) is 1.31. The summed E-state index contributed by atoms with van der Waals surface area (Å²) in [4.78, 5) is 3.99. The fourth-order valence-electron chi connectivity index (χ4n) is 0.801. The maximum Gasteiger partial charge on any atom is 0.139 e. The number of hydrogen-bond acceptors (Lipinski definition) is 3. The highest BCUT2D eigenvalue weighted by Gasteiger charge is 1.92. The molecule has 1 rings (SSSR count). The predicted octanol–water partition coefficient (Wildman–Crippen LogP) is 1.52. The Labute approximate surface area is 66.4 Å². The van der Waals surface area contributed by atoms with E-state index in [0.29, 0.717) is 6.61 Å². The zero-order chi connectivity index (χ0) is 8.10. The van der Waals surface area contributed by atoms with Crippen LogP contribution in [0.25, 0.3) is 0 Å². The van der Waals surface area contributed by atoms with Crippen LogP contribution in [0.3, 0.4) is 0 Å². The molecule has 0 aliphatic rings. The fourth-order valence-corrected chi connectivity index (χ4v) is 0.801. The molecule has 60 valence electrons. The van der Waals surface area contributed by atoms with Crippen LogP contribution in [0.5, 0.6) is 5.75 Å². The van der Waals surface area contributed by atoms with Gasteiger partial charge in [0.05, 0.1) is 24.7 Å². The molecule has 1 heterocycles. The van der Waals surface area contributed by atoms with E-state index in [0.717, 1.165) is 11.4 Å². The van der Waals surface area contributed by atoms with Crippen molar-refractivity contribution in [3.63, 3.8) is 0 Å². The summed E-state index contributed by atoms with van der Waals surface area (Å²) in [5.74, 6) is 0.805. The third-order valence-corrected chi connectivity index (χ3v) is 1.31. The Morgan fingerprint density at radius 3 is 3.00 bits per heavy atom. The minimum atomic E-state index is 0.675. The van der Waals surface area contributed by atoms with E-state index < -0.39 is 0 Å². The molecule has 0 aromatic carbocycles. The van der Waals surface area contributed by atoms with Gasteiger partial charge in [0.25, 0.3) is 0 Å². The normalized spacial score (nSPS) is 9.27. The van der Waals surface area contributed by atoms with Crippen LogP contribution < -0.4 is 10.1 Å². The second kappa shape index (κ2) is 3.81. The third kappa shape index (κ3) is 2.11. The van der Waals surface area contributed by atoms with Crippen molar-refractivity contribution in [1.29, 1.82) is 0 Å². The van der Waals surface area contributed by atoms with Gasteiger partial charge in [0.15, 0.2) is 0 Å². The van der Waals surface area contributed by atoms with Crippen LogP contribution in [0.1, 0.15) is 6.92 Å². The first-order chi connectivity index (χ1) is 5.36. The van der Waals surface area contributed by atoms with E-state index in [1.807, 2.05) is 20.0 Å². The van der Waals surface area contributed by atoms with Gasteiger partial charge in [-0.25, -0.2) is 0 Å². The van der Waals surface area contributed by atoms with Crippen molar-refractivity contribution in [2.75, 3.05) is 19.0 Å². The number of ether oxygens (including phenoxy) is 1. The monoisotopic (exact) mass is 152 g/mol. The molecule has 0 fully saturated rings. The van der Waals surface area contributed by atoms with Crippen molar-refractivity contribution in [2.24, 2.45) is 0 Å². The molecule has 0 saturated heterocycles. The highest BCUT2D eigenvalue weighted by Crippen LogP contribution is 2.13. The zero-order valence-electron chi connectivity index (χ0n) is 6.79. The van der Waals surface area contributed by atoms with Crippen molar-refractivity contribution in [3.8, 4) is 5.75 Å². The van der Waals surface area contributed by atoms with E-state index >= 15 is 0 Å². The molecule has 1 N–H and O–H groups in total. The SMILES string of the molecule is CCOc1cncc(NC)c1. The average Bonchev–Trinajstić information content (AvgIpc) is 2.06. The summed E-state index contributed by atoms with van der Waals surface area (Å²) < 4.78 is 5.25. The predicted molar refractivity (Wildman–Crippen MR) is 45.0 cm³/mol. The average molecular weight is 152 g/mol. The molecule has 0 amide bonds. The Morgan fingerprint density at radius 1 is 1.55 bits per heavy atom. The van der Waals surface area contributed by atoms with Crippen LogP contribution >= 0.6 is 0 Å². The van der Waals surface area contributed by atoms with Crippen molar-refractivity contribution < 1.29 is 4.74 Å². The number of pyridine rings is 1. The number of aromatic nitrogens is 1. The Morgan fingerprint density at radius 2 is 2.36 bits per heavy atom. The molecular formula is C8H12N2O. The topological polar surface area (TPSA) is 34.1 Å². The van der Waals surface area contributed by atoms with Crippen LogP contribution in [-0.2, 0) is 0 Å². The highest BCUT2D eigenvalue weighted by atomic mass is 16.5. The van der Waals surface area contributed by atoms with Crippen LogP contribution in [0.15, 0.2) is 18.5 Å². The van der Waals surface area contributed by atoms with Gasteiger partial charge in [-0.2, -0.15) is 0 Å². The largest absolute Gasteiger partial charge is 0.492 e. The van der Waals surface area contributed by atoms with Gasteiger partial charge in [0.1, 0.15) is 5.75 Å². The molecule has 11 heavy (non-hydrogen) atoms. The van der Waals surface area contributed by atoms with Crippen LogP contribution in [0.2, 0.25) is 0 Å². The molecule has 0 saturated carbocycles. The number of anilines is 1. The lowest BCUT2D eigenvalue weighted by Gasteiger charge is -2.03. The van der Waals surface area contributed by atoms with Crippen molar-refractivity contribution in [2.45, 2.75) is 6.92 Å². The second-order valence-electron chi connectivity index (χ2n) is 2.09. The Kier molecular flexibility index (Phi) is 2.72. The minimum Gasteiger partial charge on any atom is -0.492 e. The van der Waals surface area contributed by atoms with Gasteiger partial charge in [0.2, 0.25) is 0 Å². The molecule has 0 radical (unpaired) electrons. The number of nitrogens with one attached hydrogen (secondary N) is 1. The van der Waals surface area contributed by atoms with Gasteiger partial charge in [-0.1, -0.05) is 0 Å². The van der Waals surface area contributed by atoms with Gasteiger partial charge in [-0.15, -0.1) is 0 Å². The molecule has 3 nitrogen and oxygen atoms in total. The molecule has 3 heteroatoms. The van der Waals surface area contributed by atoms with Gasteiger partial charge in [-0.3, -0.25) is 4.98 Å². The van der Waals surface area contributed by atoms with Crippen LogP contribution in [-0.4, -0.2) is 18.6 Å². The number of rotatable bonds is 3. The molecule has 0 unspecified atom stereocenters. The zero-order valence-corrected chi connectivity index (χ0v) is 6.79. The molecule has 0 bridgehead atoms. The fraction of sp³-hybridized carbons (Fsp3) is 0.375. The van der Waals surface area contributed by atoms with Crippen molar-refractivity contribution in [3.05, 3.63) is 18.5 Å². The van der Waals surface area contributed by atoms with E-state index in [9.17, 15) is 0 Å². The standard InChI is InChI=1S/C8H12N2O/c1-3-11-8-4-7(9-2)5-10-6-8/h4-6,9H,3H2,1-2H3. The Bertz CT molecular complexity index is 225. The smallest absolute Gasteiger partial charge is 0.139 e. The maximum atomic E-state index is 5.25. The number of hydrogen-bond donors (Lipinski definition) is 1. The quantitative estimate of drug-likeness (QED) is 0.713. The lowest BCUT2D eigenvalue weighted by Crippen LogP contribution is -1.94. The highest BCUT2D eigenvalue weighted by molar-refractivity contribution is 5.44. The van der Waals surface area contributed by atoms with E-state index in [1.54, 1.807) is 12.4 Å². The summed E-state index contributed by atoms with van der Waals surface area (Å²) in [6.07, 6.45) is 3.45. The van der Waals surface area contributed by atoms with Gasteiger partial charge >= 0.3 is 0 Å². The number of nitrogens with zero attached hydrogens (tertiary/aromatic N) is 1. The summed E-state index contributed by atoms with van der Waals surface area (Å²) in [6.45, 7) is 2.63. The van der Waals surface area contributed by atoms with Crippen LogP contribution in [0, 0.1) is 0 Å². The second-order valence-corrected chi connectivity index (χ2v) is 2.09. The minimum absolute atomic E-state index is 0.675. The van der Waals surface area contributed by atoms with E-state index in [2.05, 4.69) is 10.3 Å². The van der Waals surface area contributed by atoms with Crippen molar-refractivity contribution in [1.82, 2.24) is 4.98 Å². The van der Waals surface area contributed by atoms with Gasteiger partial charge in [0, 0.05) is 13.1 Å². The van der Waals surface area contributed by atoms with E-state index in [-0.39, 0.29) is 0 Å². The van der Waals surface area contributed by atoms with Crippen LogP contribution in [0.4, 0.5) is 5.69 Å². The summed E-state index contributed by atoms with van der Waals surface area (Å²) in [5, 5.41) is 2.98. The van der Waals surface area contributed by atoms with E-state index in [4.69, 9.17) is 4.74 Å². The molecule has 0 atom stereocenters. The van der Waals surface area contributed by atoms with Gasteiger partial charge < -0.3 is 10.1 Å². The molecular weight excluding hydrogens is 140 g/mol. The lowest BCUT2D eigenvalue weighted by atomic mass is 10.4. The van der Waals surface area contributed by atoms with Gasteiger partial charge in [-0.05, 0) is 6.92 Å². The molecule has 1 aromatic rings. The summed E-state index contributed by atoms with van der Waals surface area (Å²) in [6, 6.07) is 1.91. The summed E-state index contributed by atoms with van der Waals surface area (Å²) >= 11 is 0. The first kappa shape index (κ1) is 7.85. The summed E-state index contributed by atoms with van der Waals surface area (Å²) in [7, 11) is 1.85. The lowest BCUT2D eigenvalue weighted by molar-refractivity contribution is 0.339. The molecule has 1 aromatic heterocycles. The first-order valence-corrected chi connectivity index (χ1v) is 3.62.